The molecule has 2 aromatic heterocycles. The van der Waals surface area contributed by atoms with E-state index in [-0.39, 0.29) is 36.3 Å². The average molecular weight is 572 g/mol. The van der Waals surface area contributed by atoms with Crippen LogP contribution in [0.2, 0.25) is 0 Å². The quantitative estimate of drug-likeness (QED) is 0.222. The van der Waals surface area contributed by atoms with Gasteiger partial charge in [0.25, 0.3) is 5.56 Å². The van der Waals surface area contributed by atoms with E-state index in [1.165, 1.54) is 5.56 Å². The summed E-state index contributed by atoms with van der Waals surface area (Å²) in [6.45, 7) is 5.84. The number of carbonyl (C=O) groups is 1. The van der Waals surface area contributed by atoms with Gasteiger partial charge < -0.3 is 14.2 Å². The molecule has 39 heavy (non-hydrogen) atoms. The number of halogens is 2. The highest BCUT2D eigenvalue weighted by atomic mass is 35.5. The SMILES string of the molecule is CC(=O)N(CCN(CCCOc1ccc2c(ccc(=O)n2C)c1)Cc1ccncc1)Cc1ccccc1.Cl.Cl. The summed E-state index contributed by atoms with van der Waals surface area (Å²) >= 11 is 0. The van der Waals surface area contributed by atoms with Gasteiger partial charge in [0.05, 0.1) is 12.1 Å². The number of aryl methyl sites for hydroxylation is 1. The molecule has 1 amide bonds. The zero-order chi connectivity index (χ0) is 26.0. The van der Waals surface area contributed by atoms with Gasteiger partial charge in [0.1, 0.15) is 5.75 Å². The Kier molecular flexibility index (Phi) is 13.0. The number of hydrogen-bond acceptors (Lipinski definition) is 5. The molecule has 0 bridgehead atoms. The summed E-state index contributed by atoms with van der Waals surface area (Å²) in [6, 6.07) is 23.3. The first-order chi connectivity index (χ1) is 18.0. The van der Waals surface area contributed by atoms with Gasteiger partial charge in [0, 0.05) is 70.5 Å². The highest BCUT2D eigenvalue weighted by molar-refractivity contribution is 5.85. The van der Waals surface area contributed by atoms with Crippen LogP contribution in [0.3, 0.4) is 0 Å². The van der Waals surface area contributed by atoms with Gasteiger partial charge in [-0.2, -0.15) is 0 Å². The molecule has 0 fully saturated rings. The molecule has 0 spiro atoms. The van der Waals surface area contributed by atoms with Crippen LogP contribution in [0.4, 0.5) is 0 Å². The third kappa shape index (κ3) is 9.39. The number of benzene rings is 2. The van der Waals surface area contributed by atoms with Crippen molar-refractivity contribution in [1.29, 1.82) is 0 Å². The fraction of sp³-hybridized carbons (Fsp3) is 0.300. The number of carbonyl (C=O) groups excluding carboxylic acids is 1. The second kappa shape index (κ2) is 15.9. The van der Waals surface area contributed by atoms with Gasteiger partial charge in [-0.1, -0.05) is 30.3 Å². The standard InChI is InChI=1S/C30H34N4O3.2ClH/c1-24(35)34(23-25-7-4-3-5-8-25)19-18-33(22-26-13-15-31-16-14-26)17-6-20-37-28-10-11-29-27(21-28)9-12-30(36)32(29)2;;/h3-5,7-16,21H,6,17-20,22-23H2,1-2H3;2*1H. The Morgan fingerprint density at radius 3 is 2.31 bits per heavy atom. The average Bonchev–Trinajstić information content (AvgIpc) is 2.92. The van der Waals surface area contributed by atoms with E-state index >= 15 is 0 Å². The van der Waals surface area contributed by atoms with Crippen LogP contribution in [0.5, 0.6) is 5.75 Å². The Labute approximate surface area is 242 Å². The molecule has 7 nitrogen and oxygen atoms in total. The van der Waals surface area contributed by atoms with Crippen LogP contribution >= 0.6 is 24.8 Å². The lowest BCUT2D eigenvalue weighted by Crippen LogP contribution is -2.37. The minimum Gasteiger partial charge on any atom is -0.494 e. The van der Waals surface area contributed by atoms with Crippen LogP contribution < -0.4 is 10.3 Å². The monoisotopic (exact) mass is 570 g/mol. The fourth-order valence-corrected chi connectivity index (χ4v) is 4.36. The first-order valence-corrected chi connectivity index (χ1v) is 12.6. The minimum absolute atomic E-state index is 0. The topological polar surface area (TPSA) is 67.7 Å². The van der Waals surface area contributed by atoms with Crippen LogP contribution in [0.15, 0.2) is 90.0 Å². The van der Waals surface area contributed by atoms with E-state index in [1.807, 2.05) is 71.9 Å². The molecule has 208 valence electrons. The number of nitrogens with zero attached hydrogens (tertiary/aromatic N) is 4. The van der Waals surface area contributed by atoms with E-state index in [0.717, 1.165) is 48.3 Å². The third-order valence-electron chi connectivity index (χ3n) is 6.49. The van der Waals surface area contributed by atoms with Crippen molar-refractivity contribution < 1.29 is 9.53 Å². The molecule has 0 unspecified atom stereocenters. The molecule has 2 aromatic carbocycles. The summed E-state index contributed by atoms with van der Waals surface area (Å²) in [5, 5.41) is 0.974. The molecule has 0 radical (unpaired) electrons. The molecular weight excluding hydrogens is 535 g/mol. The fourth-order valence-electron chi connectivity index (χ4n) is 4.36. The number of hydrogen-bond donors (Lipinski definition) is 0. The van der Waals surface area contributed by atoms with Crippen molar-refractivity contribution in [2.45, 2.75) is 26.4 Å². The Bertz CT molecular complexity index is 1370. The smallest absolute Gasteiger partial charge is 0.250 e. The maximum absolute atomic E-state index is 12.3. The molecule has 4 rings (SSSR count). The summed E-state index contributed by atoms with van der Waals surface area (Å²) < 4.78 is 7.68. The normalized spacial score (nSPS) is 10.5. The van der Waals surface area contributed by atoms with Crippen molar-refractivity contribution in [3.8, 4) is 5.75 Å². The molecule has 0 N–H and O–H groups in total. The van der Waals surface area contributed by atoms with Crippen molar-refractivity contribution >= 4 is 41.6 Å². The molecular formula is C30H36Cl2N4O3. The second-order valence-corrected chi connectivity index (χ2v) is 9.21. The molecule has 2 heterocycles. The lowest BCUT2D eigenvalue weighted by molar-refractivity contribution is -0.129. The van der Waals surface area contributed by atoms with Gasteiger partial charge in [-0.15, -0.1) is 24.8 Å². The molecule has 0 saturated carbocycles. The number of pyridine rings is 2. The van der Waals surface area contributed by atoms with E-state index < -0.39 is 0 Å². The van der Waals surface area contributed by atoms with Crippen LogP contribution in [0, 0.1) is 0 Å². The molecule has 0 atom stereocenters. The predicted molar refractivity (Wildman–Crippen MR) is 161 cm³/mol. The number of ether oxygens (including phenoxy) is 1. The van der Waals surface area contributed by atoms with E-state index in [9.17, 15) is 9.59 Å². The van der Waals surface area contributed by atoms with E-state index in [1.54, 1.807) is 24.6 Å². The Balaban J connectivity index is 0.00000267. The van der Waals surface area contributed by atoms with Gasteiger partial charge in [0.15, 0.2) is 0 Å². The minimum atomic E-state index is -0.0254. The first-order valence-electron chi connectivity index (χ1n) is 12.6. The molecule has 0 aliphatic heterocycles. The van der Waals surface area contributed by atoms with Gasteiger partial charge in [-0.25, -0.2) is 0 Å². The van der Waals surface area contributed by atoms with Crippen LogP contribution in [-0.2, 0) is 24.9 Å². The predicted octanol–water partition coefficient (Wildman–Crippen LogP) is 5.10. The molecule has 0 aliphatic carbocycles. The summed E-state index contributed by atoms with van der Waals surface area (Å²) in [7, 11) is 1.77. The van der Waals surface area contributed by atoms with Crippen molar-refractivity contribution in [1.82, 2.24) is 19.4 Å². The molecule has 0 saturated heterocycles. The lowest BCUT2D eigenvalue weighted by Gasteiger charge is -2.27. The number of aromatic nitrogens is 2. The Hall–Kier alpha value is -3.39. The Morgan fingerprint density at radius 2 is 1.59 bits per heavy atom. The second-order valence-electron chi connectivity index (χ2n) is 9.21. The number of rotatable bonds is 12. The summed E-state index contributed by atoms with van der Waals surface area (Å²) in [5.41, 5.74) is 3.17. The first kappa shape index (κ1) is 31.8. The highest BCUT2D eigenvalue weighted by Gasteiger charge is 2.13. The van der Waals surface area contributed by atoms with Gasteiger partial charge in [0.2, 0.25) is 5.91 Å². The number of fused-ring (bicyclic) bond motifs is 1. The molecule has 4 aromatic rings. The van der Waals surface area contributed by atoms with Crippen LogP contribution in [-0.4, -0.2) is 51.5 Å². The summed E-state index contributed by atoms with van der Waals surface area (Å²) in [5.74, 6) is 0.863. The van der Waals surface area contributed by atoms with Crippen LogP contribution in [0.1, 0.15) is 24.5 Å². The maximum Gasteiger partial charge on any atom is 0.250 e. The van der Waals surface area contributed by atoms with Gasteiger partial charge in [-0.05, 0) is 53.9 Å². The van der Waals surface area contributed by atoms with E-state index in [2.05, 4.69) is 22.0 Å². The van der Waals surface area contributed by atoms with Gasteiger partial charge in [-0.3, -0.25) is 19.5 Å². The van der Waals surface area contributed by atoms with Crippen molar-refractivity contribution in [2.75, 3.05) is 26.2 Å². The summed E-state index contributed by atoms with van der Waals surface area (Å²) in [6.07, 6.45) is 4.46. The molecule has 9 heteroatoms. The molecule has 0 aliphatic rings. The zero-order valence-corrected chi connectivity index (χ0v) is 24.0. The maximum atomic E-state index is 12.3. The van der Waals surface area contributed by atoms with E-state index in [0.29, 0.717) is 19.7 Å². The van der Waals surface area contributed by atoms with Crippen LogP contribution in [0.25, 0.3) is 10.9 Å². The summed E-state index contributed by atoms with van der Waals surface area (Å²) in [4.78, 5) is 32.6. The van der Waals surface area contributed by atoms with Crippen molar-refractivity contribution in [3.63, 3.8) is 0 Å². The van der Waals surface area contributed by atoms with Crippen molar-refractivity contribution in [2.24, 2.45) is 7.05 Å². The van der Waals surface area contributed by atoms with Gasteiger partial charge >= 0.3 is 0 Å². The zero-order valence-electron chi connectivity index (χ0n) is 22.4. The lowest BCUT2D eigenvalue weighted by atomic mass is 10.2. The Morgan fingerprint density at radius 1 is 0.872 bits per heavy atom. The number of amides is 1. The largest absolute Gasteiger partial charge is 0.494 e. The third-order valence-corrected chi connectivity index (χ3v) is 6.49. The van der Waals surface area contributed by atoms with E-state index in [4.69, 9.17) is 4.74 Å². The highest BCUT2D eigenvalue weighted by Crippen LogP contribution is 2.19. The van der Waals surface area contributed by atoms with Crippen molar-refractivity contribution in [3.05, 3.63) is 107 Å².